The normalized spacial score (nSPS) is 13.5. The van der Waals surface area contributed by atoms with Gasteiger partial charge in [0, 0.05) is 16.9 Å². The molecule has 0 saturated carbocycles. The van der Waals surface area contributed by atoms with Crippen LogP contribution >= 0.6 is 0 Å². The van der Waals surface area contributed by atoms with Crippen LogP contribution in [0.5, 0.6) is 0 Å². The summed E-state index contributed by atoms with van der Waals surface area (Å²) in [5, 5.41) is 3.65. The van der Waals surface area contributed by atoms with E-state index in [9.17, 15) is 9.18 Å². The highest BCUT2D eigenvalue weighted by molar-refractivity contribution is 5.98. The minimum Gasteiger partial charge on any atom is -0.351 e. The number of fused-ring (bicyclic) bond motifs is 1. The van der Waals surface area contributed by atoms with Crippen molar-refractivity contribution >= 4 is 16.8 Å². The summed E-state index contributed by atoms with van der Waals surface area (Å²) in [6.07, 6.45) is 0. The number of halogens is 1. The molecule has 0 radical (unpaired) electrons. The van der Waals surface area contributed by atoms with Gasteiger partial charge in [-0.1, -0.05) is 20.8 Å². The average molecular weight is 262 g/mol. The van der Waals surface area contributed by atoms with Gasteiger partial charge in [-0.3, -0.25) is 4.79 Å². The lowest BCUT2D eigenvalue weighted by atomic mass is 9.88. The molecule has 1 aromatic heterocycles. The zero-order valence-corrected chi connectivity index (χ0v) is 11.7. The molecule has 2 N–H and O–H groups in total. The van der Waals surface area contributed by atoms with Crippen molar-refractivity contribution in [1.29, 1.82) is 0 Å². The Morgan fingerprint density at radius 1 is 1.32 bits per heavy atom. The monoisotopic (exact) mass is 262 g/mol. The smallest absolute Gasteiger partial charge is 0.267 e. The van der Waals surface area contributed by atoms with Crippen molar-refractivity contribution in [3.05, 3.63) is 35.8 Å². The second-order valence-electron chi connectivity index (χ2n) is 5.98. The molecule has 0 aliphatic rings. The highest BCUT2D eigenvalue weighted by atomic mass is 19.1. The predicted molar refractivity (Wildman–Crippen MR) is 74.6 cm³/mol. The zero-order valence-electron chi connectivity index (χ0n) is 11.7. The van der Waals surface area contributed by atoms with Gasteiger partial charge in [0.1, 0.15) is 11.5 Å². The maximum absolute atomic E-state index is 13.1. The Bertz CT molecular complexity index is 610. The molecule has 2 aromatic rings. The first-order chi connectivity index (χ1) is 8.77. The molecule has 19 heavy (non-hydrogen) atoms. The van der Waals surface area contributed by atoms with Gasteiger partial charge in [-0.15, -0.1) is 0 Å². The fourth-order valence-corrected chi connectivity index (χ4v) is 1.72. The fraction of sp³-hybridized carbons (Fsp3) is 0.400. The van der Waals surface area contributed by atoms with Gasteiger partial charge in [0.25, 0.3) is 5.91 Å². The largest absolute Gasteiger partial charge is 0.351 e. The maximum atomic E-state index is 13.1. The van der Waals surface area contributed by atoms with E-state index in [4.69, 9.17) is 0 Å². The second kappa shape index (κ2) is 4.68. The number of carbonyl (C=O) groups is 1. The van der Waals surface area contributed by atoms with Crippen molar-refractivity contribution in [2.45, 2.75) is 33.7 Å². The molecule has 102 valence electrons. The summed E-state index contributed by atoms with van der Waals surface area (Å²) in [6, 6.07) is 6.13. The molecule has 1 heterocycles. The van der Waals surface area contributed by atoms with E-state index < -0.39 is 0 Å². The SMILES string of the molecule is C[C@@H](NC(=O)c1cc2cc(F)ccc2[nH]1)C(C)(C)C. The summed E-state index contributed by atoms with van der Waals surface area (Å²) in [4.78, 5) is 15.1. The van der Waals surface area contributed by atoms with Crippen LogP contribution < -0.4 is 5.32 Å². The summed E-state index contributed by atoms with van der Waals surface area (Å²) in [6.45, 7) is 8.18. The lowest BCUT2D eigenvalue weighted by Gasteiger charge is -2.27. The van der Waals surface area contributed by atoms with E-state index in [0.29, 0.717) is 11.1 Å². The molecular weight excluding hydrogens is 243 g/mol. The molecule has 4 heteroatoms. The molecule has 0 spiro atoms. The first kappa shape index (κ1) is 13.6. The number of rotatable bonds is 2. The molecule has 0 aliphatic heterocycles. The molecule has 1 atom stereocenters. The summed E-state index contributed by atoms with van der Waals surface area (Å²) in [5.74, 6) is -0.472. The lowest BCUT2D eigenvalue weighted by Crippen LogP contribution is -2.41. The molecule has 0 unspecified atom stereocenters. The van der Waals surface area contributed by atoms with Crippen LogP contribution in [-0.4, -0.2) is 16.9 Å². The van der Waals surface area contributed by atoms with Crippen LogP contribution in [0.15, 0.2) is 24.3 Å². The number of benzene rings is 1. The Hall–Kier alpha value is -1.84. The van der Waals surface area contributed by atoms with Gasteiger partial charge >= 0.3 is 0 Å². The van der Waals surface area contributed by atoms with Crippen molar-refractivity contribution in [2.75, 3.05) is 0 Å². The van der Waals surface area contributed by atoms with Gasteiger partial charge in [0.2, 0.25) is 0 Å². The summed E-state index contributed by atoms with van der Waals surface area (Å²) in [5.41, 5.74) is 1.21. The Balaban J connectivity index is 2.22. The molecule has 1 aromatic carbocycles. The molecule has 2 rings (SSSR count). The Kier molecular flexibility index (Phi) is 3.35. The van der Waals surface area contributed by atoms with Crippen molar-refractivity contribution in [1.82, 2.24) is 10.3 Å². The van der Waals surface area contributed by atoms with Gasteiger partial charge in [-0.25, -0.2) is 4.39 Å². The van der Waals surface area contributed by atoms with Gasteiger partial charge in [0.05, 0.1) is 0 Å². The minimum absolute atomic E-state index is 0.00617. The first-order valence-electron chi connectivity index (χ1n) is 6.36. The summed E-state index contributed by atoms with van der Waals surface area (Å²) in [7, 11) is 0. The number of hydrogen-bond acceptors (Lipinski definition) is 1. The van der Waals surface area contributed by atoms with Crippen LogP contribution in [0.25, 0.3) is 10.9 Å². The van der Waals surface area contributed by atoms with Crippen molar-refractivity contribution in [2.24, 2.45) is 5.41 Å². The number of aromatic amines is 1. The van der Waals surface area contributed by atoms with E-state index in [1.54, 1.807) is 12.1 Å². The van der Waals surface area contributed by atoms with E-state index in [2.05, 4.69) is 31.1 Å². The number of carbonyl (C=O) groups excluding carboxylic acids is 1. The van der Waals surface area contributed by atoms with Crippen LogP contribution in [-0.2, 0) is 0 Å². The van der Waals surface area contributed by atoms with E-state index in [-0.39, 0.29) is 23.2 Å². The molecule has 0 aliphatic carbocycles. The standard InChI is InChI=1S/C15H19FN2O/c1-9(15(2,3)4)17-14(19)13-8-10-7-11(16)5-6-12(10)18-13/h5-9,18H,1-4H3,(H,17,19)/t9-/m1/s1. The molecule has 0 saturated heterocycles. The predicted octanol–water partition coefficient (Wildman–Crippen LogP) is 3.47. The lowest BCUT2D eigenvalue weighted by molar-refractivity contribution is 0.0906. The Morgan fingerprint density at radius 3 is 2.63 bits per heavy atom. The topological polar surface area (TPSA) is 44.9 Å². The molecule has 0 fully saturated rings. The van der Waals surface area contributed by atoms with Gasteiger partial charge in [-0.2, -0.15) is 0 Å². The summed E-state index contributed by atoms with van der Waals surface area (Å²) < 4.78 is 13.1. The van der Waals surface area contributed by atoms with E-state index in [1.807, 2.05) is 6.92 Å². The van der Waals surface area contributed by atoms with E-state index in [0.717, 1.165) is 5.52 Å². The van der Waals surface area contributed by atoms with Gasteiger partial charge in [-0.05, 0) is 36.6 Å². The van der Waals surface area contributed by atoms with Crippen LogP contribution in [0.4, 0.5) is 4.39 Å². The average Bonchev–Trinajstić information content (AvgIpc) is 2.70. The van der Waals surface area contributed by atoms with Crippen LogP contribution in [0, 0.1) is 11.2 Å². The highest BCUT2D eigenvalue weighted by Crippen LogP contribution is 2.20. The van der Waals surface area contributed by atoms with Crippen LogP contribution in [0.1, 0.15) is 38.2 Å². The number of hydrogen-bond donors (Lipinski definition) is 2. The molecule has 1 amide bonds. The van der Waals surface area contributed by atoms with Crippen molar-refractivity contribution in [3.8, 4) is 0 Å². The van der Waals surface area contributed by atoms with Crippen LogP contribution in [0.2, 0.25) is 0 Å². The molecular formula is C15H19FN2O. The quantitative estimate of drug-likeness (QED) is 0.855. The van der Waals surface area contributed by atoms with Crippen LogP contribution in [0.3, 0.4) is 0 Å². The Labute approximate surface area is 112 Å². The third kappa shape index (κ3) is 2.95. The van der Waals surface area contributed by atoms with Crippen molar-refractivity contribution in [3.63, 3.8) is 0 Å². The summed E-state index contributed by atoms with van der Waals surface area (Å²) >= 11 is 0. The van der Waals surface area contributed by atoms with E-state index >= 15 is 0 Å². The van der Waals surface area contributed by atoms with Gasteiger partial charge < -0.3 is 10.3 Å². The zero-order chi connectivity index (χ0) is 14.2. The van der Waals surface area contributed by atoms with Gasteiger partial charge in [0.15, 0.2) is 0 Å². The maximum Gasteiger partial charge on any atom is 0.267 e. The number of H-pyrrole nitrogens is 1. The molecule has 3 nitrogen and oxygen atoms in total. The van der Waals surface area contributed by atoms with Crippen molar-refractivity contribution < 1.29 is 9.18 Å². The van der Waals surface area contributed by atoms with E-state index in [1.165, 1.54) is 12.1 Å². The number of nitrogens with one attached hydrogen (secondary N) is 2. The minimum atomic E-state index is -0.304. The first-order valence-corrected chi connectivity index (χ1v) is 6.36. The Morgan fingerprint density at radius 2 is 2.00 bits per heavy atom. The second-order valence-corrected chi connectivity index (χ2v) is 5.98. The third-order valence-electron chi connectivity index (χ3n) is 3.47. The molecule has 0 bridgehead atoms. The highest BCUT2D eigenvalue weighted by Gasteiger charge is 2.22. The fourth-order valence-electron chi connectivity index (χ4n) is 1.72. The number of aromatic nitrogens is 1. The third-order valence-corrected chi connectivity index (χ3v) is 3.47. The number of amides is 1.